The van der Waals surface area contributed by atoms with Crippen LogP contribution in [-0.4, -0.2) is 27.7 Å². The number of nitrogens with zero attached hydrogens (tertiary/aromatic N) is 2. The van der Waals surface area contributed by atoms with E-state index < -0.39 is 5.97 Å². The Labute approximate surface area is 114 Å². The van der Waals surface area contributed by atoms with Crippen molar-refractivity contribution in [2.24, 2.45) is 0 Å². The van der Waals surface area contributed by atoms with Crippen LogP contribution in [0.25, 0.3) is 0 Å². The average Bonchev–Trinajstić information content (AvgIpc) is 2.37. The standard InChI is InChI=1S/C14H22N2O3/c1-3-4-5-6-7-8-9-19-14-15-10-12(13(17)18)11(2)16-14/h10H,3-9H2,1-2H3,(H,17,18). The van der Waals surface area contributed by atoms with Gasteiger partial charge in [-0.2, -0.15) is 4.98 Å². The molecule has 0 unspecified atom stereocenters. The number of carbonyl (C=O) groups is 1. The first-order valence-electron chi connectivity index (χ1n) is 6.85. The van der Waals surface area contributed by atoms with E-state index in [0.717, 1.165) is 12.8 Å². The molecule has 0 aromatic carbocycles. The van der Waals surface area contributed by atoms with E-state index in [0.29, 0.717) is 12.3 Å². The molecule has 106 valence electrons. The van der Waals surface area contributed by atoms with Crippen molar-refractivity contribution in [2.75, 3.05) is 6.61 Å². The summed E-state index contributed by atoms with van der Waals surface area (Å²) in [5.41, 5.74) is 0.548. The maximum atomic E-state index is 10.8. The Morgan fingerprint density at radius 1 is 1.26 bits per heavy atom. The summed E-state index contributed by atoms with van der Waals surface area (Å²) >= 11 is 0. The number of carboxylic acids is 1. The van der Waals surface area contributed by atoms with Gasteiger partial charge in [-0.15, -0.1) is 0 Å². The lowest BCUT2D eigenvalue weighted by Gasteiger charge is -2.06. The van der Waals surface area contributed by atoms with E-state index in [-0.39, 0.29) is 11.6 Å². The molecule has 0 spiro atoms. The number of hydrogen-bond donors (Lipinski definition) is 1. The molecule has 0 atom stereocenters. The molecule has 0 radical (unpaired) electrons. The molecule has 5 heteroatoms. The Balaban J connectivity index is 2.26. The number of aromatic nitrogens is 2. The monoisotopic (exact) mass is 266 g/mol. The second-order valence-electron chi connectivity index (χ2n) is 4.57. The van der Waals surface area contributed by atoms with E-state index in [4.69, 9.17) is 9.84 Å². The number of aromatic carboxylic acids is 1. The van der Waals surface area contributed by atoms with Crippen LogP contribution >= 0.6 is 0 Å². The lowest BCUT2D eigenvalue weighted by molar-refractivity contribution is 0.0695. The summed E-state index contributed by atoms with van der Waals surface area (Å²) in [6.07, 6.45) is 8.47. The van der Waals surface area contributed by atoms with Crippen LogP contribution in [0.3, 0.4) is 0 Å². The molecular formula is C14H22N2O3. The molecule has 1 aromatic rings. The van der Waals surface area contributed by atoms with E-state index >= 15 is 0 Å². The van der Waals surface area contributed by atoms with Crippen LogP contribution < -0.4 is 4.74 Å². The molecule has 1 aromatic heterocycles. The van der Waals surface area contributed by atoms with Crippen LogP contribution in [0.15, 0.2) is 6.20 Å². The maximum absolute atomic E-state index is 10.8. The van der Waals surface area contributed by atoms with Gasteiger partial charge >= 0.3 is 12.0 Å². The SMILES string of the molecule is CCCCCCCCOc1ncc(C(=O)O)c(C)n1. The summed E-state index contributed by atoms with van der Waals surface area (Å²) in [5, 5.41) is 8.85. The molecule has 0 bridgehead atoms. The second kappa shape index (κ2) is 8.45. The second-order valence-corrected chi connectivity index (χ2v) is 4.57. The number of aryl methyl sites for hydroxylation is 1. The minimum absolute atomic E-state index is 0.118. The molecule has 5 nitrogen and oxygen atoms in total. The summed E-state index contributed by atoms with van der Waals surface area (Å²) in [7, 11) is 0. The van der Waals surface area contributed by atoms with Crippen LogP contribution in [0.4, 0.5) is 0 Å². The number of rotatable bonds is 9. The first-order valence-corrected chi connectivity index (χ1v) is 6.85. The van der Waals surface area contributed by atoms with E-state index in [9.17, 15) is 4.79 Å². The fourth-order valence-electron chi connectivity index (χ4n) is 1.77. The van der Waals surface area contributed by atoms with Gasteiger partial charge in [0, 0.05) is 6.20 Å². The molecule has 0 fully saturated rings. The van der Waals surface area contributed by atoms with E-state index in [2.05, 4.69) is 16.9 Å². The van der Waals surface area contributed by atoms with Gasteiger partial charge in [0.2, 0.25) is 0 Å². The normalized spacial score (nSPS) is 10.4. The van der Waals surface area contributed by atoms with Gasteiger partial charge in [0.1, 0.15) is 0 Å². The van der Waals surface area contributed by atoms with Crippen LogP contribution in [0.1, 0.15) is 61.5 Å². The lowest BCUT2D eigenvalue weighted by Crippen LogP contribution is -2.07. The minimum Gasteiger partial charge on any atom is -0.478 e. The summed E-state index contributed by atoms with van der Waals surface area (Å²) in [5.74, 6) is -1.01. The Morgan fingerprint density at radius 2 is 1.95 bits per heavy atom. The molecule has 0 saturated carbocycles. The van der Waals surface area contributed by atoms with Crippen molar-refractivity contribution in [3.63, 3.8) is 0 Å². The van der Waals surface area contributed by atoms with Gasteiger partial charge in [-0.3, -0.25) is 0 Å². The largest absolute Gasteiger partial charge is 0.478 e. The number of unbranched alkanes of at least 4 members (excludes halogenated alkanes) is 5. The van der Waals surface area contributed by atoms with Crippen LogP contribution in [0.2, 0.25) is 0 Å². The number of carboxylic acid groups (broad SMARTS) is 1. The number of hydrogen-bond acceptors (Lipinski definition) is 4. The maximum Gasteiger partial charge on any atom is 0.339 e. The predicted molar refractivity (Wildman–Crippen MR) is 72.6 cm³/mol. The highest BCUT2D eigenvalue weighted by Crippen LogP contribution is 2.10. The molecule has 19 heavy (non-hydrogen) atoms. The van der Waals surface area contributed by atoms with Gasteiger partial charge < -0.3 is 9.84 Å². The fourth-order valence-corrected chi connectivity index (χ4v) is 1.77. The topological polar surface area (TPSA) is 72.3 Å². The first kappa shape index (κ1) is 15.4. The summed E-state index contributed by atoms with van der Waals surface area (Å²) < 4.78 is 5.41. The lowest BCUT2D eigenvalue weighted by atomic mass is 10.1. The molecule has 1 N–H and O–H groups in total. The van der Waals surface area contributed by atoms with Gasteiger partial charge in [-0.1, -0.05) is 39.0 Å². The highest BCUT2D eigenvalue weighted by atomic mass is 16.5. The van der Waals surface area contributed by atoms with Crippen molar-refractivity contribution in [3.05, 3.63) is 17.5 Å². The Morgan fingerprint density at radius 3 is 2.58 bits per heavy atom. The molecular weight excluding hydrogens is 244 g/mol. The first-order chi connectivity index (χ1) is 9.15. The molecule has 0 aliphatic carbocycles. The van der Waals surface area contributed by atoms with Gasteiger partial charge in [-0.25, -0.2) is 9.78 Å². The zero-order valence-electron chi connectivity index (χ0n) is 11.7. The highest BCUT2D eigenvalue weighted by Gasteiger charge is 2.10. The van der Waals surface area contributed by atoms with Crippen molar-refractivity contribution in [1.29, 1.82) is 0 Å². The van der Waals surface area contributed by atoms with Crippen molar-refractivity contribution >= 4 is 5.97 Å². The van der Waals surface area contributed by atoms with E-state index in [1.54, 1.807) is 6.92 Å². The Hall–Kier alpha value is -1.65. The molecule has 1 heterocycles. The molecule has 0 aliphatic heterocycles. The Kier molecular flexibility index (Phi) is 6.85. The Bertz CT molecular complexity index is 408. The zero-order chi connectivity index (χ0) is 14.1. The minimum atomic E-state index is -1.01. The van der Waals surface area contributed by atoms with Gasteiger partial charge in [0.05, 0.1) is 17.9 Å². The van der Waals surface area contributed by atoms with Crippen LogP contribution in [0.5, 0.6) is 6.01 Å². The molecule has 0 amide bonds. The van der Waals surface area contributed by atoms with Gasteiger partial charge in [0.15, 0.2) is 0 Å². The van der Waals surface area contributed by atoms with Crippen molar-refractivity contribution in [1.82, 2.24) is 9.97 Å². The molecule has 0 saturated heterocycles. The third-order valence-electron chi connectivity index (χ3n) is 2.92. The summed E-state index contributed by atoms with van der Waals surface area (Å²) in [4.78, 5) is 18.7. The quantitative estimate of drug-likeness (QED) is 0.695. The van der Waals surface area contributed by atoms with Crippen LogP contribution in [-0.2, 0) is 0 Å². The summed E-state index contributed by atoms with van der Waals surface area (Å²) in [6, 6.07) is 0.260. The third kappa shape index (κ3) is 5.68. The third-order valence-corrected chi connectivity index (χ3v) is 2.92. The number of ether oxygens (including phenoxy) is 1. The van der Waals surface area contributed by atoms with E-state index in [1.807, 2.05) is 0 Å². The summed E-state index contributed by atoms with van der Waals surface area (Å²) in [6.45, 7) is 4.42. The smallest absolute Gasteiger partial charge is 0.339 e. The molecule has 1 rings (SSSR count). The van der Waals surface area contributed by atoms with Gasteiger partial charge in [0.25, 0.3) is 0 Å². The zero-order valence-corrected chi connectivity index (χ0v) is 11.7. The highest BCUT2D eigenvalue weighted by molar-refractivity contribution is 5.88. The molecule has 0 aliphatic rings. The van der Waals surface area contributed by atoms with Crippen molar-refractivity contribution in [2.45, 2.75) is 52.4 Å². The van der Waals surface area contributed by atoms with Crippen molar-refractivity contribution < 1.29 is 14.6 Å². The average molecular weight is 266 g/mol. The fraction of sp³-hybridized carbons (Fsp3) is 0.643. The van der Waals surface area contributed by atoms with E-state index in [1.165, 1.54) is 31.9 Å². The van der Waals surface area contributed by atoms with Gasteiger partial charge in [-0.05, 0) is 13.3 Å². The predicted octanol–water partition coefficient (Wildman–Crippen LogP) is 3.22. The van der Waals surface area contributed by atoms with Crippen LogP contribution in [0, 0.1) is 6.92 Å². The van der Waals surface area contributed by atoms with Crippen molar-refractivity contribution in [3.8, 4) is 6.01 Å².